The lowest BCUT2D eigenvalue weighted by Gasteiger charge is -2.19. The molecule has 1 fully saturated rings. The summed E-state index contributed by atoms with van der Waals surface area (Å²) in [5.41, 5.74) is 6.70. The third kappa shape index (κ3) is 2.84. The minimum atomic E-state index is -0.123. The number of carbonyl (C=O) groups is 2. The van der Waals surface area contributed by atoms with Gasteiger partial charge < -0.3 is 20.7 Å². The highest BCUT2D eigenvalue weighted by molar-refractivity contribution is 5.98. The van der Waals surface area contributed by atoms with Crippen molar-refractivity contribution in [1.29, 1.82) is 0 Å². The normalized spacial score (nSPS) is 17.9. The van der Waals surface area contributed by atoms with Crippen LogP contribution in [0.5, 0.6) is 5.75 Å². The van der Waals surface area contributed by atoms with Gasteiger partial charge in [0.25, 0.3) is 5.91 Å². The zero-order chi connectivity index (χ0) is 14.7. The molecule has 0 bridgehead atoms. The molecule has 1 aliphatic heterocycles. The Kier molecular flexibility index (Phi) is 4.12. The Bertz CT molecular complexity index is 530. The molecule has 1 heterocycles. The fraction of sp³-hybridized carbons (Fsp3) is 0.429. The number of nitrogens with one attached hydrogen (secondary N) is 1. The Morgan fingerprint density at radius 1 is 1.45 bits per heavy atom. The molecule has 0 aromatic heterocycles. The van der Waals surface area contributed by atoms with Crippen molar-refractivity contribution in [2.24, 2.45) is 0 Å². The number of hydrogen-bond donors (Lipinski definition) is 2. The maximum Gasteiger partial charge on any atom is 0.257 e. The van der Waals surface area contributed by atoms with E-state index in [1.54, 1.807) is 23.1 Å². The largest absolute Gasteiger partial charge is 0.494 e. The quantitative estimate of drug-likeness (QED) is 0.794. The minimum absolute atomic E-state index is 0.0171. The Balaban J connectivity index is 2.13. The summed E-state index contributed by atoms with van der Waals surface area (Å²) in [7, 11) is 1.49. The second-order valence-electron chi connectivity index (χ2n) is 4.87. The fourth-order valence-electron chi connectivity index (χ4n) is 2.47. The number of benzene rings is 1. The smallest absolute Gasteiger partial charge is 0.257 e. The highest BCUT2D eigenvalue weighted by Crippen LogP contribution is 2.28. The monoisotopic (exact) mass is 277 g/mol. The van der Waals surface area contributed by atoms with Crippen molar-refractivity contribution in [3.63, 3.8) is 0 Å². The first-order valence-corrected chi connectivity index (χ1v) is 6.51. The number of nitrogens with zero attached hydrogens (tertiary/aromatic N) is 1. The minimum Gasteiger partial charge on any atom is -0.494 e. The Hall–Kier alpha value is -2.24. The van der Waals surface area contributed by atoms with E-state index >= 15 is 0 Å². The lowest BCUT2D eigenvalue weighted by molar-refractivity contribution is -0.119. The van der Waals surface area contributed by atoms with Crippen molar-refractivity contribution in [1.82, 2.24) is 10.2 Å². The molecule has 0 saturated carbocycles. The molecule has 108 valence electrons. The molecular formula is C14H19N3O3. The third-order valence-corrected chi connectivity index (χ3v) is 3.36. The van der Waals surface area contributed by atoms with Gasteiger partial charge in [-0.2, -0.15) is 0 Å². The Morgan fingerprint density at radius 2 is 2.20 bits per heavy atom. The lowest BCUT2D eigenvalue weighted by atomic mass is 10.1. The van der Waals surface area contributed by atoms with E-state index in [1.807, 2.05) is 0 Å². The molecule has 1 unspecified atom stereocenters. The van der Waals surface area contributed by atoms with Crippen molar-refractivity contribution in [2.45, 2.75) is 19.4 Å². The highest BCUT2D eigenvalue weighted by atomic mass is 16.5. The number of rotatable bonds is 3. The van der Waals surface area contributed by atoms with Crippen LogP contribution >= 0.6 is 0 Å². The highest BCUT2D eigenvalue weighted by Gasteiger charge is 2.29. The number of anilines is 1. The standard InChI is InChI=1S/C14H19N3O3/c1-9(18)16-10-6-7-17(8-10)14(19)11-4-3-5-12(15)13(11)20-2/h3-5,10H,6-8,15H2,1-2H3,(H,16,18). The van der Waals surface area contributed by atoms with Gasteiger partial charge in [0.2, 0.25) is 5.91 Å². The van der Waals surface area contributed by atoms with E-state index in [9.17, 15) is 9.59 Å². The van der Waals surface area contributed by atoms with Gasteiger partial charge in [-0.3, -0.25) is 9.59 Å². The SMILES string of the molecule is COc1c(N)cccc1C(=O)N1CCC(NC(C)=O)C1. The van der Waals surface area contributed by atoms with Crippen LogP contribution in [0.25, 0.3) is 0 Å². The van der Waals surface area contributed by atoms with Crippen molar-refractivity contribution < 1.29 is 14.3 Å². The Labute approximate surface area is 117 Å². The molecule has 3 N–H and O–H groups in total. The van der Waals surface area contributed by atoms with Crippen LogP contribution in [0.2, 0.25) is 0 Å². The first kappa shape index (κ1) is 14.2. The molecule has 2 amide bonds. The van der Waals surface area contributed by atoms with Crippen LogP contribution in [0.1, 0.15) is 23.7 Å². The van der Waals surface area contributed by atoms with Gasteiger partial charge in [0.15, 0.2) is 5.75 Å². The molecule has 1 saturated heterocycles. The molecule has 20 heavy (non-hydrogen) atoms. The van der Waals surface area contributed by atoms with E-state index in [1.165, 1.54) is 14.0 Å². The van der Waals surface area contributed by atoms with Crippen LogP contribution in [0.3, 0.4) is 0 Å². The lowest BCUT2D eigenvalue weighted by Crippen LogP contribution is -2.37. The maximum absolute atomic E-state index is 12.5. The number of para-hydroxylation sites is 1. The molecule has 1 aromatic rings. The maximum atomic E-state index is 12.5. The number of hydrogen-bond acceptors (Lipinski definition) is 4. The van der Waals surface area contributed by atoms with Crippen molar-refractivity contribution in [2.75, 3.05) is 25.9 Å². The average molecular weight is 277 g/mol. The predicted octanol–water partition coefficient (Wildman–Crippen LogP) is 0.628. The van der Waals surface area contributed by atoms with Gasteiger partial charge in [-0.25, -0.2) is 0 Å². The van der Waals surface area contributed by atoms with Crippen molar-refractivity contribution in [3.05, 3.63) is 23.8 Å². The number of nitrogen functional groups attached to an aromatic ring is 1. The molecule has 0 spiro atoms. The first-order chi connectivity index (χ1) is 9.52. The molecule has 0 radical (unpaired) electrons. The number of amides is 2. The van der Waals surface area contributed by atoms with Gasteiger partial charge in [-0.05, 0) is 18.6 Å². The van der Waals surface area contributed by atoms with E-state index in [0.717, 1.165) is 6.42 Å². The number of carbonyl (C=O) groups excluding carboxylic acids is 2. The van der Waals surface area contributed by atoms with Crippen LogP contribution in [0.15, 0.2) is 18.2 Å². The average Bonchev–Trinajstić information content (AvgIpc) is 2.85. The van der Waals surface area contributed by atoms with E-state index in [4.69, 9.17) is 10.5 Å². The van der Waals surface area contributed by atoms with Crippen LogP contribution in [0.4, 0.5) is 5.69 Å². The second-order valence-corrected chi connectivity index (χ2v) is 4.87. The van der Waals surface area contributed by atoms with E-state index in [-0.39, 0.29) is 17.9 Å². The predicted molar refractivity (Wildman–Crippen MR) is 75.5 cm³/mol. The molecule has 1 atom stereocenters. The second kappa shape index (κ2) is 5.81. The van der Waals surface area contributed by atoms with Crippen LogP contribution in [0, 0.1) is 0 Å². The van der Waals surface area contributed by atoms with Gasteiger partial charge >= 0.3 is 0 Å². The molecule has 6 heteroatoms. The number of methoxy groups -OCH3 is 1. The summed E-state index contributed by atoms with van der Waals surface area (Å²) in [5.74, 6) is 0.202. The first-order valence-electron chi connectivity index (χ1n) is 6.51. The van der Waals surface area contributed by atoms with E-state index < -0.39 is 0 Å². The van der Waals surface area contributed by atoms with E-state index in [0.29, 0.717) is 30.1 Å². The van der Waals surface area contributed by atoms with Gasteiger partial charge in [0.05, 0.1) is 18.4 Å². The van der Waals surface area contributed by atoms with Crippen LogP contribution in [-0.2, 0) is 4.79 Å². The van der Waals surface area contributed by atoms with Crippen molar-refractivity contribution in [3.8, 4) is 5.75 Å². The summed E-state index contributed by atoms with van der Waals surface area (Å²) in [4.78, 5) is 25.2. The zero-order valence-corrected chi connectivity index (χ0v) is 11.7. The summed E-state index contributed by atoms with van der Waals surface area (Å²) in [6.45, 7) is 2.60. The number of likely N-dealkylation sites (tertiary alicyclic amines) is 1. The summed E-state index contributed by atoms with van der Waals surface area (Å²) in [6.07, 6.45) is 0.760. The molecular weight excluding hydrogens is 258 g/mol. The number of ether oxygens (including phenoxy) is 1. The van der Waals surface area contributed by atoms with Gasteiger partial charge in [0.1, 0.15) is 0 Å². The Morgan fingerprint density at radius 3 is 2.85 bits per heavy atom. The molecule has 1 aromatic carbocycles. The van der Waals surface area contributed by atoms with Gasteiger partial charge in [-0.1, -0.05) is 6.07 Å². The van der Waals surface area contributed by atoms with Gasteiger partial charge in [-0.15, -0.1) is 0 Å². The summed E-state index contributed by atoms with van der Waals surface area (Å²) in [6, 6.07) is 5.14. The number of nitrogens with two attached hydrogens (primary N) is 1. The summed E-state index contributed by atoms with van der Waals surface area (Å²) in [5, 5.41) is 2.83. The molecule has 1 aliphatic rings. The summed E-state index contributed by atoms with van der Waals surface area (Å²) < 4.78 is 5.21. The van der Waals surface area contributed by atoms with Crippen LogP contribution in [-0.4, -0.2) is 43.0 Å². The van der Waals surface area contributed by atoms with E-state index in [2.05, 4.69) is 5.32 Å². The van der Waals surface area contributed by atoms with Crippen LogP contribution < -0.4 is 15.8 Å². The van der Waals surface area contributed by atoms with Crippen molar-refractivity contribution >= 4 is 17.5 Å². The molecule has 6 nitrogen and oxygen atoms in total. The topological polar surface area (TPSA) is 84.7 Å². The molecule has 0 aliphatic carbocycles. The molecule has 2 rings (SSSR count). The third-order valence-electron chi connectivity index (χ3n) is 3.36. The fourth-order valence-corrected chi connectivity index (χ4v) is 2.47. The summed E-state index contributed by atoms with van der Waals surface area (Å²) >= 11 is 0. The van der Waals surface area contributed by atoms with Gasteiger partial charge in [0, 0.05) is 26.1 Å². The zero-order valence-electron chi connectivity index (χ0n) is 11.7.